The van der Waals surface area contributed by atoms with E-state index >= 15 is 0 Å². The molecule has 237 valence electrons. The molecule has 3 radical (unpaired) electrons. The smallest absolute Gasteiger partial charge is 0.0674 e. The summed E-state index contributed by atoms with van der Waals surface area (Å²) >= 11 is 0. The topological polar surface area (TPSA) is 0 Å². The van der Waals surface area contributed by atoms with Crippen molar-refractivity contribution < 1.29 is 0 Å². The van der Waals surface area contributed by atoms with Crippen LogP contribution in [0.3, 0.4) is 0 Å². The molecule has 2 heteroatoms. The summed E-state index contributed by atoms with van der Waals surface area (Å²) in [6.07, 6.45) is 4.58. The number of rotatable bonds is 14. The van der Waals surface area contributed by atoms with Crippen molar-refractivity contribution in [3.63, 3.8) is 0 Å². The molecule has 0 nitrogen and oxygen atoms in total. The van der Waals surface area contributed by atoms with Crippen LogP contribution in [0.5, 0.6) is 0 Å². The van der Waals surface area contributed by atoms with Crippen molar-refractivity contribution in [2.24, 2.45) is 16.2 Å². The third kappa shape index (κ3) is 9.30. The SMILES string of the molecule is [B]C(C)(C)C(C)(C)CC(c1ccccc1)C(C)(C)[B]C(C)(C)CC(c1ccc(C(C)(C)C)cc1)C(C)(C)C(C)(C)CCC. The molecule has 2 aromatic carbocycles. The van der Waals surface area contributed by atoms with Crippen molar-refractivity contribution in [3.8, 4) is 0 Å². The van der Waals surface area contributed by atoms with Gasteiger partial charge in [0.05, 0.1) is 7.85 Å². The van der Waals surface area contributed by atoms with Gasteiger partial charge in [-0.1, -0.05) is 188 Å². The van der Waals surface area contributed by atoms with Crippen LogP contribution in [0.15, 0.2) is 54.6 Å². The van der Waals surface area contributed by atoms with Gasteiger partial charge in [0.2, 0.25) is 0 Å². The first-order valence-electron chi connectivity index (χ1n) is 17.1. The maximum atomic E-state index is 6.78. The Kier molecular flexibility index (Phi) is 11.5. The quantitative estimate of drug-likeness (QED) is 0.195. The Bertz CT molecular complexity index is 1130. The standard InChI is InChI=1S/C41H67B2/c1-17-27-36(5,6)39(11,12)33(31-23-25-32(26-24-31)35(2,3)4)29-38(9,10)43-40(13,14)34(30-21-19-18-20-22-30)28-37(7,8)41(15,16)42/h18-26,33-34H,17,27-29H2,1-16H3. The molecule has 0 aromatic heterocycles. The predicted octanol–water partition coefficient (Wildman–Crippen LogP) is 13.0. The lowest BCUT2D eigenvalue weighted by Gasteiger charge is -2.51. The lowest BCUT2D eigenvalue weighted by atomic mass is 9.34. The van der Waals surface area contributed by atoms with Crippen LogP contribution < -0.4 is 0 Å². The van der Waals surface area contributed by atoms with E-state index in [-0.39, 0.29) is 37.6 Å². The Labute approximate surface area is 271 Å². The van der Waals surface area contributed by atoms with E-state index in [9.17, 15) is 0 Å². The molecule has 0 aliphatic carbocycles. The second kappa shape index (κ2) is 13.1. The average molecular weight is 582 g/mol. The fourth-order valence-corrected chi connectivity index (χ4v) is 7.39. The van der Waals surface area contributed by atoms with Gasteiger partial charge in [0.25, 0.3) is 0 Å². The van der Waals surface area contributed by atoms with Gasteiger partial charge in [-0.05, 0) is 69.4 Å². The van der Waals surface area contributed by atoms with E-state index in [4.69, 9.17) is 7.85 Å². The summed E-state index contributed by atoms with van der Waals surface area (Å²) < 4.78 is 0. The molecule has 0 N–H and O–H groups in total. The van der Waals surface area contributed by atoms with Crippen LogP contribution in [0.1, 0.15) is 165 Å². The van der Waals surface area contributed by atoms with E-state index in [1.165, 1.54) is 29.5 Å². The molecular formula is C41H67B2. The highest BCUT2D eigenvalue weighted by Gasteiger charge is 2.47. The van der Waals surface area contributed by atoms with Crippen LogP contribution in [-0.2, 0) is 5.41 Å². The van der Waals surface area contributed by atoms with Gasteiger partial charge in [0.1, 0.15) is 7.28 Å². The van der Waals surface area contributed by atoms with Crippen molar-refractivity contribution >= 4 is 15.1 Å². The molecule has 0 saturated heterocycles. The van der Waals surface area contributed by atoms with Crippen LogP contribution in [-0.4, -0.2) is 15.1 Å². The van der Waals surface area contributed by atoms with Crippen LogP contribution in [0.4, 0.5) is 0 Å². The highest BCUT2D eigenvalue weighted by atomic mass is 14.5. The van der Waals surface area contributed by atoms with E-state index in [0.29, 0.717) is 11.8 Å². The predicted molar refractivity (Wildman–Crippen MR) is 196 cm³/mol. The van der Waals surface area contributed by atoms with E-state index < -0.39 is 0 Å². The zero-order chi connectivity index (χ0) is 33.3. The number of hydrogen-bond donors (Lipinski definition) is 0. The van der Waals surface area contributed by atoms with Crippen LogP contribution in [0, 0.1) is 16.2 Å². The lowest BCUT2D eigenvalue weighted by Crippen LogP contribution is -2.41. The van der Waals surface area contributed by atoms with Gasteiger partial charge in [-0.15, -0.1) is 0 Å². The maximum Gasteiger partial charge on any atom is 0.125 e. The lowest BCUT2D eigenvalue weighted by molar-refractivity contribution is 0.0571. The third-order valence-corrected chi connectivity index (χ3v) is 11.7. The van der Waals surface area contributed by atoms with Gasteiger partial charge in [-0.25, -0.2) is 0 Å². The minimum atomic E-state index is -0.273. The molecule has 2 aromatic rings. The van der Waals surface area contributed by atoms with Gasteiger partial charge >= 0.3 is 0 Å². The van der Waals surface area contributed by atoms with Gasteiger partial charge in [-0.3, -0.25) is 0 Å². The normalized spacial score (nSPS) is 15.7. The van der Waals surface area contributed by atoms with E-state index in [0.717, 1.165) is 12.8 Å². The first-order valence-corrected chi connectivity index (χ1v) is 17.1. The Balaban J connectivity index is 2.57. The zero-order valence-corrected chi connectivity index (χ0v) is 31.3. The van der Waals surface area contributed by atoms with E-state index in [1.807, 2.05) is 0 Å². The van der Waals surface area contributed by atoms with Gasteiger partial charge in [-0.2, -0.15) is 0 Å². The molecule has 0 amide bonds. The van der Waals surface area contributed by atoms with Crippen LogP contribution >= 0.6 is 0 Å². The molecule has 0 bridgehead atoms. The van der Waals surface area contributed by atoms with Crippen molar-refractivity contribution in [2.45, 2.75) is 170 Å². The highest BCUT2D eigenvalue weighted by Crippen LogP contribution is 2.60. The van der Waals surface area contributed by atoms with Gasteiger partial charge in [0, 0.05) is 0 Å². The molecule has 2 rings (SSSR count). The number of hydrogen-bond acceptors (Lipinski definition) is 0. The molecular weight excluding hydrogens is 514 g/mol. The summed E-state index contributed by atoms with van der Waals surface area (Å²) in [5.41, 5.74) is 4.76. The summed E-state index contributed by atoms with van der Waals surface area (Å²) in [7, 11) is 9.49. The fraction of sp³-hybridized carbons (Fsp3) is 0.707. The second-order valence-corrected chi connectivity index (χ2v) is 18.7. The minimum absolute atomic E-state index is 0.0197. The summed E-state index contributed by atoms with van der Waals surface area (Å²) in [6, 6.07) is 20.8. The maximum absolute atomic E-state index is 6.78. The first kappa shape index (κ1) is 37.8. The summed E-state index contributed by atoms with van der Waals surface area (Å²) in [5.74, 6) is 0.791. The minimum Gasteiger partial charge on any atom is -0.0674 e. The van der Waals surface area contributed by atoms with E-state index in [2.05, 4.69) is 173 Å². The van der Waals surface area contributed by atoms with Crippen molar-refractivity contribution in [1.82, 2.24) is 0 Å². The van der Waals surface area contributed by atoms with Crippen molar-refractivity contribution in [3.05, 3.63) is 71.3 Å². The third-order valence-electron chi connectivity index (χ3n) is 11.7. The van der Waals surface area contributed by atoms with E-state index in [1.54, 1.807) is 0 Å². The molecule has 2 unspecified atom stereocenters. The molecule has 43 heavy (non-hydrogen) atoms. The number of benzene rings is 2. The summed E-state index contributed by atoms with van der Waals surface area (Å²) in [4.78, 5) is 0. The van der Waals surface area contributed by atoms with Gasteiger partial charge < -0.3 is 0 Å². The molecule has 0 spiro atoms. The molecule has 0 saturated carbocycles. The summed E-state index contributed by atoms with van der Waals surface area (Å²) in [5, 5.41) is -0.284. The summed E-state index contributed by atoms with van der Waals surface area (Å²) in [6.45, 7) is 38.3. The van der Waals surface area contributed by atoms with Gasteiger partial charge in [0.15, 0.2) is 0 Å². The van der Waals surface area contributed by atoms with Crippen LogP contribution in [0.25, 0.3) is 0 Å². The van der Waals surface area contributed by atoms with Crippen LogP contribution in [0.2, 0.25) is 15.9 Å². The zero-order valence-electron chi connectivity index (χ0n) is 31.3. The Morgan fingerprint density at radius 2 is 1.09 bits per heavy atom. The van der Waals surface area contributed by atoms with Crippen molar-refractivity contribution in [1.29, 1.82) is 0 Å². The first-order chi connectivity index (χ1) is 19.3. The largest absolute Gasteiger partial charge is 0.125 e. The fourth-order valence-electron chi connectivity index (χ4n) is 7.39. The molecule has 0 aliphatic heterocycles. The molecule has 0 aliphatic rings. The molecule has 2 atom stereocenters. The Morgan fingerprint density at radius 3 is 1.53 bits per heavy atom. The molecule has 0 fully saturated rings. The van der Waals surface area contributed by atoms with Crippen molar-refractivity contribution in [2.75, 3.05) is 0 Å². The highest BCUT2D eigenvalue weighted by molar-refractivity contribution is 6.44. The average Bonchev–Trinajstić information content (AvgIpc) is 2.84. The Morgan fingerprint density at radius 1 is 0.605 bits per heavy atom. The molecule has 0 heterocycles. The Hall–Kier alpha value is -1.43. The second-order valence-electron chi connectivity index (χ2n) is 18.7. The monoisotopic (exact) mass is 582 g/mol.